The molecule has 0 aromatic heterocycles. The number of benzene rings is 1. The number of carbonyl (C=O) groups is 1. The molecule has 2 N–H and O–H groups in total. The number of aliphatic hydroxyl groups is 2. The molecule has 0 aliphatic rings. The number of carbonyl (C=O) groups excluding carboxylic acids is 1. The molecule has 0 amide bonds. The van der Waals surface area contributed by atoms with E-state index >= 15 is 0 Å². The SMILES string of the molecule is CCCCCCC(CC(O)CO)C(=O)OC(C)Oc1ccccc1. The summed E-state index contributed by atoms with van der Waals surface area (Å²) in [6, 6.07) is 9.16. The molecule has 0 saturated carbocycles. The summed E-state index contributed by atoms with van der Waals surface area (Å²) < 4.78 is 10.9. The van der Waals surface area contributed by atoms with E-state index in [0.29, 0.717) is 12.2 Å². The average Bonchev–Trinajstić information content (AvgIpc) is 2.58. The van der Waals surface area contributed by atoms with Crippen LogP contribution in [0.1, 0.15) is 52.4 Å². The van der Waals surface area contributed by atoms with Crippen molar-refractivity contribution in [2.75, 3.05) is 6.61 Å². The summed E-state index contributed by atoms with van der Waals surface area (Å²) in [6.45, 7) is 3.44. The quantitative estimate of drug-likeness (QED) is 0.347. The van der Waals surface area contributed by atoms with Crippen LogP contribution in [0.5, 0.6) is 5.75 Å². The van der Waals surface area contributed by atoms with Gasteiger partial charge in [-0.25, -0.2) is 0 Å². The van der Waals surface area contributed by atoms with Gasteiger partial charge in [-0.15, -0.1) is 0 Å². The molecule has 0 bridgehead atoms. The van der Waals surface area contributed by atoms with Crippen molar-refractivity contribution in [3.63, 3.8) is 0 Å². The van der Waals surface area contributed by atoms with Gasteiger partial charge in [0.25, 0.3) is 0 Å². The van der Waals surface area contributed by atoms with E-state index in [1.165, 1.54) is 0 Å². The number of esters is 1. The maximum atomic E-state index is 12.4. The van der Waals surface area contributed by atoms with E-state index in [2.05, 4.69) is 6.92 Å². The molecule has 136 valence electrons. The Kier molecular flexibility index (Phi) is 10.1. The molecule has 5 heteroatoms. The largest absolute Gasteiger partial charge is 0.455 e. The highest BCUT2D eigenvalue weighted by atomic mass is 16.7. The third-order valence-electron chi connectivity index (χ3n) is 3.83. The summed E-state index contributed by atoms with van der Waals surface area (Å²) in [6.07, 6.45) is 3.44. The van der Waals surface area contributed by atoms with Gasteiger partial charge in [-0.1, -0.05) is 50.8 Å². The van der Waals surface area contributed by atoms with E-state index < -0.39 is 18.3 Å². The topological polar surface area (TPSA) is 76.0 Å². The third kappa shape index (κ3) is 8.31. The number of unbranched alkanes of at least 4 members (excludes halogenated alkanes) is 3. The average molecular weight is 338 g/mol. The van der Waals surface area contributed by atoms with Gasteiger partial charge in [0.05, 0.1) is 18.6 Å². The van der Waals surface area contributed by atoms with Crippen LogP contribution in [-0.2, 0) is 9.53 Å². The van der Waals surface area contributed by atoms with Crippen LogP contribution >= 0.6 is 0 Å². The van der Waals surface area contributed by atoms with Crippen molar-refractivity contribution in [2.45, 2.75) is 64.8 Å². The summed E-state index contributed by atoms with van der Waals surface area (Å²) in [5.74, 6) is -0.180. The van der Waals surface area contributed by atoms with Crippen LogP contribution in [0.2, 0.25) is 0 Å². The molecule has 3 unspecified atom stereocenters. The number of hydrogen-bond acceptors (Lipinski definition) is 5. The predicted octanol–water partition coefficient (Wildman–Crippen LogP) is 3.28. The van der Waals surface area contributed by atoms with E-state index in [-0.39, 0.29) is 19.0 Å². The smallest absolute Gasteiger partial charge is 0.312 e. The van der Waals surface area contributed by atoms with Crippen LogP contribution < -0.4 is 4.74 Å². The monoisotopic (exact) mass is 338 g/mol. The van der Waals surface area contributed by atoms with Crippen molar-refractivity contribution in [1.82, 2.24) is 0 Å². The van der Waals surface area contributed by atoms with Crippen LogP contribution in [0.3, 0.4) is 0 Å². The summed E-state index contributed by atoms with van der Waals surface area (Å²) in [5, 5.41) is 18.7. The molecule has 1 rings (SSSR count). The van der Waals surface area contributed by atoms with Gasteiger partial charge in [0.2, 0.25) is 6.29 Å². The van der Waals surface area contributed by atoms with Crippen molar-refractivity contribution in [3.05, 3.63) is 30.3 Å². The van der Waals surface area contributed by atoms with E-state index in [0.717, 1.165) is 25.7 Å². The van der Waals surface area contributed by atoms with Crippen molar-refractivity contribution in [3.8, 4) is 5.75 Å². The van der Waals surface area contributed by atoms with Crippen LogP contribution in [0, 0.1) is 5.92 Å². The number of para-hydroxylation sites is 1. The molecule has 1 aromatic carbocycles. The Morgan fingerprint density at radius 2 is 1.88 bits per heavy atom. The fraction of sp³-hybridized carbons (Fsp3) is 0.632. The molecule has 3 atom stereocenters. The van der Waals surface area contributed by atoms with Crippen LogP contribution in [0.4, 0.5) is 0 Å². The van der Waals surface area contributed by atoms with Gasteiger partial charge in [-0.2, -0.15) is 0 Å². The van der Waals surface area contributed by atoms with E-state index in [4.69, 9.17) is 14.6 Å². The lowest BCUT2D eigenvalue weighted by Crippen LogP contribution is -2.29. The number of aliphatic hydroxyl groups excluding tert-OH is 2. The summed E-state index contributed by atoms with van der Waals surface area (Å²) in [5.41, 5.74) is 0. The lowest BCUT2D eigenvalue weighted by atomic mass is 9.95. The maximum Gasteiger partial charge on any atom is 0.312 e. The van der Waals surface area contributed by atoms with E-state index in [9.17, 15) is 9.90 Å². The van der Waals surface area contributed by atoms with Crippen LogP contribution in [0.25, 0.3) is 0 Å². The fourth-order valence-corrected chi connectivity index (χ4v) is 2.53. The first-order chi connectivity index (χ1) is 11.6. The van der Waals surface area contributed by atoms with Crippen molar-refractivity contribution >= 4 is 5.97 Å². The highest BCUT2D eigenvalue weighted by Crippen LogP contribution is 2.20. The van der Waals surface area contributed by atoms with Gasteiger partial charge >= 0.3 is 5.97 Å². The summed E-state index contributed by atoms with van der Waals surface area (Å²) >= 11 is 0. The van der Waals surface area contributed by atoms with Gasteiger partial charge in [0.1, 0.15) is 5.75 Å². The molecule has 0 aliphatic heterocycles. The second-order valence-corrected chi connectivity index (χ2v) is 6.05. The molecule has 0 fully saturated rings. The van der Waals surface area contributed by atoms with Crippen molar-refractivity contribution in [2.24, 2.45) is 5.92 Å². The van der Waals surface area contributed by atoms with Crippen LogP contribution in [0.15, 0.2) is 30.3 Å². The Balaban J connectivity index is 2.51. The minimum Gasteiger partial charge on any atom is -0.455 e. The van der Waals surface area contributed by atoms with Crippen LogP contribution in [-0.4, -0.2) is 35.2 Å². The lowest BCUT2D eigenvalue weighted by molar-refractivity contribution is -0.168. The molecule has 0 radical (unpaired) electrons. The molecule has 1 aromatic rings. The zero-order valence-electron chi connectivity index (χ0n) is 14.7. The first-order valence-corrected chi connectivity index (χ1v) is 8.78. The Morgan fingerprint density at radius 3 is 2.50 bits per heavy atom. The second-order valence-electron chi connectivity index (χ2n) is 6.05. The molecule has 24 heavy (non-hydrogen) atoms. The molecular formula is C19H30O5. The first kappa shape index (κ1) is 20.5. The zero-order chi connectivity index (χ0) is 17.8. The molecule has 5 nitrogen and oxygen atoms in total. The Hall–Kier alpha value is -1.59. The minimum absolute atomic E-state index is 0.208. The predicted molar refractivity (Wildman–Crippen MR) is 92.6 cm³/mol. The molecular weight excluding hydrogens is 308 g/mol. The molecule has 0 heterocycles. The highest BCUT2D eigenvalue weighted by molar-refractivity contribution is 5.72. The zero-order valence-corrected chi connectivity index (χ0v) is 14.7. The lowest BCUT2D eigenvalue weighted by Gasteiger charge is -2.21. The fourth-order valence-electron chi connectivity index (χ4n) is 2.53. The molecule has 0 spiro atoms. The Morgan fingerprint density at radius 1 is 1.17 bits per heavy atom. The van der Waals surface area contributed by atoms with E-state index in [1.807, 2.05) is 18.2 Å². The summed E-state index contributed by atoms with van der Waals surface area (Å²) in [4.78, 5) is 12.4. The minimum atomic E-state index is -0.904. The van der Waals surface area contributed by atoms with Gasteiger partial charge in [-0.3, -0.25) is 4.79 Å². The number of hydrogen-bond donors (Lipinski definition) is 2. The maximum absolute atomic E-state index is 12.4. The highest BCUT2D eigenvalue weighted by Gasteiger charge is 2.25. The third-order valence-corrected chi connectivity index (χ3v) is 3.83. The van der Waals surface area contributed by atoms with Gasteiger partial charge in [0, 0.05) is 6.92 Å². The number of ether oxygens (including phenoxy) is 2. The molecule has 0 saturated heterocycles. The van der Waals surface area contributed by atoms with Crippen molar-refractivity contribution < 1.29 is 24.5 Å². The first-order valence-electron chi connectivity index (χ1n) is 8.78. The van der Waals surface area contributed by atoms with Crippen molar-refractivity contribution in [1.29, 1.82) is 0 Å². The van der Waals surface area contributed by atoms with E-state index in [1.54, 1.807) is 19.1 Å². The standard InChI is InChI=1S/C19H30O5/c1-3-4-5-7-10-16(13-17(21)14-20)19(22)24-15(2)23-18-11-8-6-9-12-18/h6,8-9,11-12,15-17,20-21H,3-5,7,10,13-14H2,1-2H3. The normalized spacial score (nSPS) is 14.7. The van der Waals surface area contributed by atoms with Gasteiger partial charge < -0.3 is 19.7 Å². The Labute approximate surface area is 144 Å². The second kappa shape index (κ2) is 11.9. The summed E-state index contributed by atoms with van der Waals surface area (Å²) in [7, 11) is 0. The van der Waals surface area contributed by atoms with Gasteiger partial charge in [-0.05, 0) is 25.0 Å². The number of rotatable bonds is 12. The van der Waals surface area contributed by atoms with Gasteiger partial charge in [0.15, 0.2) is 0 Å². The molecule has 0 aliphatic carbocycles. The Bertz CT molecular complexity index is 448.